The molecule has 0 radical (unpaired) electrons. The quantitative estimate of drug-likeness (QED) is 0.720. The van der Waals surface area contributed by atoms with E-state index in [0.29, 0.717) is 12.1 Å². The maximum absolute atomic E-state index is 5.44. The smallest absolute Gasteiger partial charge is 0.0698 e. The van der Waals surface area contributed by atoms with E-state index < -0.39 is 0 Å². The van der Waals surface area contributed by atoms with Gasteiger partial charge < -0.3 is 15.0 Å². The molecule has 0 aromatic rings. The highest BCUT2D eigenvalue weighted by molar-refractivity contribution is 4.73. The standard InChI is InChI=1S/C13H28N2O/c1-4-12(14-2)7-5-9-15-10-6-8-13(11-15)16-3/h12-14H,4-11H2,1-3H3. The summed E-state index contributed by atoms with van der Waals surface area (Å²) >= 11 is 0. The van der Waals surface area contributed by atoms with Crippen molar-refractivity contribution in [1.29, 1.82) is 0 Å². The molecule has 0 aliphatic carbocycles. The monoisotopic (exact) mass is 228 g/mol. The predicted octanol–water partition coefficient (Wildman–Crippen LogP) is 1.88. The minimum Gasteiger partial charge on any atom is -0.380 e. The van der Waals surface area contributed by atoms with Crippen molar-refractivity contribution in [3.05, 3.63) is 0 Å². The van der Waals surface area contributed by atoms with Crippen LogP contribution in [0.2, 0.25) is 0 Å². The number of rotatable bonds is 7. The van der Waals surface area contributed by atoms with Gasteiger partial charge in [-0.1, -0.05) is 6.92 Å². The second-order valence-corrected chi connectivity index (χ2v) is 4.84. The van der Waals surface area contributed by atoms with Gasteiger partial charge in [-0.3, -0.25) is 0 Å². The fraction of sp³-hybridized carbons (Fsp3) is 1.00. The van der Waals surface area contributed by atoms with Crippen molar-refractivity contribution in [2.75, 3.05) is 33.8 Å². The lowest BCUT2D eigenvalue weighted by molar-refractivity contribution is 0.0307. The van der Waals surface area contributed by atoms with Crippen LogP contribution in [0, 0.1) is 0 Å². The van der Waals surface area contributed by atoms with Crippen LogP contribution in [-0.4, -0.2) is 50.8 Å². The van der Waals surface area contributed by atoms with Gasteiger partial charge >= 0.3 is 0 Å². The van der Waals surface area contributed by atoms with Gasteiger partial charge in [0.05, 0.1) is 6.10 Å². The van der Waals surface area contributed by atoms with Gasteiger partial charge in [0.1, 0.15) is 0 Å². The van der Waals surface area contributed by atoms with E-state index in [2.05, 4.69) is 24.2 Å². The van der Waals surface area contributed by atoms with E-state index in [9.17, 15) is 0 Å². The molecule has 0 spiro atoms. The van der Waals surface area contributed by atoms with Crippen LogP contribution < -0.4 is 5.32 Å². The summed E-state index contributed by atoms with van der Waals surface area (Å²) < 4.78 is 5.44. The number of nitrogens with zero attached hydrogens (tertiary/aromatic N) is 1. The molecule has 0 bridgehead atoms. The zero-order valence-corrected chi connectivity index (χ0v) is 11.2. The van der Waals surface area contributed by atoms with Crippen LogP contribution in [0.3, 0.4) is 0 Å². The number of piperidine rings is 1. The fourth-order valence-electron chi connectivity index (χ4n) is 2.52. The zero-order chi connectivity index (χ0) is 11.8. The van der Waals surface area contributed by atoms with Gasteiger partial charge in [-0.25, -0.2) is 0 Å². The summed E-state index contributed by atoms with van der Waals surface area (Å²) in [4.78, 5) is 2.56. The van der Waals surface area contributed by atoms with E-state index in [1.807, 2.05) is 7.11 Å². The molecular formula is C13H28N2O. The fourth-order valence-corrected chi connectivity index (χ4v) is 2.52. The Hall–Kier alpha value is -0.120. The van der Waals surface area contributed by atoms with Gasteiger partial charge in [-0.2, -0.15) is 0 Å². The maximum Gasteiger partial charge on any atom is 0.0698 e. The molecule has 1 aliphatic heterocycles. The van der Waals surface area contributed by atoms with Crippen molar-refractivity contribution in [2.24, 2.45) is 0 Å². The molecule has 2 atom stereocenters. The Kier molecular flexibility index (Phi) is 7.01. The molecule has 1 rings (SSSR count). The molecule has 0 aromatic carbocycles. The molecule has 0 saturated carbocycles. The van der Waals surface area contributed by atoms with Crippen LogP contribution in [-0.2, 0) is 4.74 Å². The number of hydrogen-bond donors (Lipinski definition) is 1. The molecule has 2 unspecified atom stereocenters. The van der Waals surface area contributed by atoms with Crippen LogP contribution in [0.4, 0.5) is 0 Å². The van der Waals surface area contributed by atoms with Gasteiger partial charge in [-0.15, -0.1) is 0 Å². The van der Waals surface area contributed by atoms with Crippen molar-refractivity contribution >= 4 is 0 Å². The van der Waals surface area contributed by atoms with E-state index in [0.717, 1.165) is 6.54 Å². The molecule has 0 aromatic heterocycles. The normalized spacial score (nSPS) is 24.6. The lowest BCUT2D eigenvalue weighted by Crippen LogP contribution is -2.40. The number of ether oxygens (including phenoxy) is 1. The molecule has 3 heteroatoms. The highest BCUT2D eigenvalue weighted by atomic mass is 16.5. The lowest BCUT2D eigenvalue weighted by Gasteiger charge is -2.32. The molecule has 1 fully saturated rings. The Bertz CT molecular complexity index is 171. The van der Waals surface area contributed by atoms with E-state index >= 15 is 0 Å². The molecule has 96 valence electrons. The summed E-state index contributed by atoms with van der Waals surface area (Å²) in [7, 11) is 3.90. The van der Waals surface area contributed by atoms with Crippen LogP contribution >= 0.6 is 0 Å². The number of hydrogen-bond acceptors (Lipinski definition) is 3. The Balaban J connectivity index is 2.12. The van der Waals surface area contributed by atoms with Crippen LogP contribution in [0.5, 0.6) is 0 Å². The molecule has 1 aliphatic rings. The first-order valence-corrected chi connectivity index (χ1v) is 6.72. The Morgan fingerprint density at radius 2 is 2.31 bits per heavy atom. The Labute approximate surface area is 101 Å². The average Bonchev–Trinajstić information content (AvgIpc) is 2.35. The van der Waals surface area contributed by atoms with Crippen molar-refractivity contribution in [3.63, 3.8) is 0 Å². The molecule has 1 N–H and O–H groups in total. The largest absolute Gasteiger partial charge is 0.380 e. The number of methoxy groups -OCH3 is 1. The first-order chi connectivity index (χ1) is 7.80. The summed E-state index contributed by atoms with van der Waals surface area (Å²) in [6.07, 6.45) is 6.83. The lowest BCUT2D eigenvalue weighted by atomic mass is 10.1. The summed E-state index contributed by atoms with van der Waals surface area (Å²) in [5, 5.41) is 3.37. The minimum absolute atomic E-state index is 0.472. The summed E-state index contributed by atoms with van der Waals surface area (Å²) in [6, 6.07) is 0.697. The van der Waals surface area contributed by atoms with Crippen LogP contribution in [0.25, 0.3) is 0 Å². The minimum atomic E-state index is 0.472. The van der Waals surface area contributed by atoms with E-state index in [1.165, 1.54) is 45.2 Å². The summed E-state index contributed by atoms with van der Waals surface area (Å²) in [5.74, 6) is 0. The van der Waals surface area contributed by atoms with Gasteiger partial charge in [0.2, 0.25) is 0 Å². The van der Waals surface area contributed by atoms with Crippen LogP contribution in [0.15, 0.2) is 0 Å². The SMILES string of the molecule is CCC(CCCN1CCCC(OC)C1)NC. The third kappa shape index (κ3) is 4.81. The maximum atomic E-state index is 5.44. The van der Waals surface area contributed by atoms with Crippen molar-refractivity contribution in [3.8, 4) is 0 Å². The van der Waals surface area contributed by atoms with Crippen molar-refractivity contribution < 1.29 is 4.74 Å². The van der Waals surface area contributed by atoms with E-state index in [1.54, 1.807) is 0 Å². The molecule has 16 heavy (non-hydrogen) atoms. The van der Waals surface area contributed by atoms with E-state index in [-0.39, 0.29) is 0 Å². The first-order valence-electron chi connectivity index (χ1n) is 6.72. The zero-order valence-electron chi connectivity index (χ0n) is 11.2. The predicted molar refractivity (Wildman–Crippen MR) is 68.8 cm³/mol. The highest BCUT2D eigenvalue weighted by Gasteiger charge is 2.18. The van der Waals surface area contributed by atoms with Gasteiger partial charge in [0, 0.05) is 19.7 Å². The Morgan fingerprint density at radius 1 is 1.50 bits per heavy atom. The topological polar surface area (TPSA) is 24.5 Å². The number of nitrogens with one attached hydrogen (secondary N) is 1. The van der Waals surface area contributed by atoms with Crippen LogP contribution in [0.1, 0.15) is 39.0 Å². The van der Waals surface area contributed by atoms with Crippen molar-refractivity contribution in [2.45, 2.75) is 51.2 Å². The third-order valence-corrected chi connectivity index (χ3v) is 3.72. The molecule has 3 nitrogen and oxygen atoms in total. The summed E-state index contributed by atoms with van der Waals surface area (Å²) in [6.45, 7) is 5.88. The van der Waals surface area contributed by atoms with Gasteiger partial charge in [-0.05, 0) is 52.2 Å². The third-order valence-electron chi connectivity index (χ3n) is 3.72. The molecule has 1 heterocycles. The van der Waals surface area contributed by atoms with E-state index in [4.69, 9.17) is 4.74 Å². The molecule has 0 amide bonds. The average molecular weight is 228 g/mol. The second kappa shape index (κ2) is 8.04. The highest BCUT2D eigenvalue weighted by Crippen LogP contribution is 2.13. The summed E-state index contributed by atoms with van der Waals surface area (Å²) in [5.41, 5.74) is 0. The molecule has 1 saturated heterocycles. The van der Waals surface area contributed by atoms with Gasteiger partial charge in [0.15, 0.2) is 0 Å². The first kappa shape index (κ1) is 13.9. The van der Waals surface area contributed by atoms with Gasteiger partial charge in [0.25, 0.3) is 0 Å². The number of likely N-dealkylation sites (tertiary alicyclic amines) is 1. The Morgan fingerprint density at radius 3 is 2.94 bits per heavy atom. The molecular weight excluding hydrogens is 200 g/mol. The second-order valence-electron chi connectivity index (χ2n) is 4.84. The van der Waals surface area contributed by atoms with Crippen molar-refractivity contribution in [1.82, 2.24) is 10.2 Å².